The van der Waals surface area contributed by atoms with Gasteiger partial charge in [0.15, 0.2) is 0 Å². The van der Waals surface area contributed by atoms with Crippen LogP contribution in [0.2, 0.25) is 5.02 Å². The van der Waals surface area contributed by atoms with E-state index in [1.165, 1.54) is 26.6 Å². The van der Waals surface area contributed by atoms with Crippen LogP contribution in [0.1, 0.15) is 43.8 Å². The third-order valence-electron chi connectivity index (χ3n) is 6.08. The maximum atomic E-state index is 13.4. The van der Waals surface area contributed by atoms with Crippen molar-refractivity contribution in [3.8, 4) is 17.2 Å². The Morgan fingerprint density at radius 3 is 2.37 bits per heavy atom. The lowest BCUT2D eigenvalue weighted by Crippen LogP contribution is -2.31. The Hall–Kier alpha value is -2.96. The van der Waals surface area contributed by atoms with E-state index >= 15 is 0 Å². The molecule has 1 aliphatic rings. The van der Waals surface area contributed by atoms with Gasteiger partial charge < -0.3 is 14.2 Å². The van der Waals surface area contributed by atoms with Gasteiger partial charge in [-0.2, -0.15) is 0 Å². The van der Waals surface area contributed by atoms with Crippen molar-refractivity contribution in [3.63, 3.8) is 0 Å². The van der Waals surface area contributed by atoms with Crippen LogP contribution in [0.15, 0.2) is 30.6 Å². The second kappa shape index (κ2) is 10.3. The molecule has 1 saturated heterocycles. The van der Waals surface area contributed by atoms with Gasteiger partial charge in [0.1, 0.15) is 28.8 Å². The van der Waals surface area contributed by atoms with Crippen molar-refractivity contribution >= 4 is 27.6 Å². The minimum atomic E-state index is -3.95. The lowest BCUT2D eigenvalue weighted by Gasteiger charge is -2.22. The van der Waals surface area contributed by atoms with Crippen LogP contribution in [0.4, 0.5) is 5.95 Å². The summed E-state index contributed by atoms with van der Waals surface area (Å²) >= 11 is 5.87. The summed E-state index contributed by atoms with van der Waals surface area (Å²) in [4.78, 5) is 8.34. The summed E-state index contributed by atoms with van der Waals surface area (Å²) in [6.07, 6.45) is 3.60. The summed E-state index contributed by atoms with van der Waals surface area (Å²) in [5, 5.41) is 8.02. The average Bonchev–Trinajstić information content (AvgIpc) is 3.52. The van der Waals surface area contributed by atoms with Gasteiger partial charge in [-0.15, -0.1) is 10.2 Å². The third-order valence-corrected chi connectivity index (χ3v) is 8.13. The van der Waals surface area contributed by atoms with Gasteiger partial charge in [0, 0.05) is 30.8 Å². The van der Waals surface area contributed by atoms with Crippen LogP contribution in [-0.2, 0) is 14.8 Å². The highest BCUT2D eigenvalue weighted by Crippen LogP contribution is 2.38. The number of ether oxygens (including phenoxy) is 3. The van der Waals surface area contributed by atoms with Gasteiger partial charge in [0.25, 0.3) is 0 Å². The number of benzene rings is 1. The fraction of sp³-hybridized carbons (Fsp3) is 0.455. The molecule has 3 atom stereocenters. The smallest absolute Gasteiger partial charge is 0.243 e. The van der Waals surface area contributed by atoms with Crippen LogP contribution < -0.4 is 14.2 Å². The van der Waals surface area contributed by atoms with Crippen molar-refractivity contribution in [1.82, 2.24) is 24.7 Å². The first kappa shape index (κ1) is 25.1. The molecule has 0 spiro atoms. The fourth-order valence-electron chi connectivity index (χ4n) is 3.89. The molecule has 0 amide bonds. The van der Waals surface area contributed by atoms with Crippen molar-refractivity contribution in [2.45, 2.75) is 37.4 Å². The van der Waals surface area contributed by atoms with E-state index in [0.29, 0.717) is 47.1 Å². The second-order valence-electron chi connectivity index (χ2n) is 8.19. The van der Waals surface area contributed by atoms with E-state index in [4.69, 9.17) is 25.8 Å². The Morgan fingerprint density at radius 2 is 1.80 bits per heavy atom. The minimum Gasteiger partial charge on any atom is -0.494 e. The van der Waals surface area contributed by atoms with Crippen LogP contribution in [0, 0.1) is 0 Å². The molecule has 1 N–H and O–H groups in total. The molecule has 13 heteroatoms. The van der Waals surface area contributed by atoms with E-state index in [9.17, 15) is 8.42 Å². The summed E-state index contributed by atoms with van der Waals surface area (Å²) in [6, 6.07) is 5.30. The number of halogens is 1. The van der Waals surface area contributed by atoms with Crippen molar-refractivity contribution in [1.29, 1.82) is 0 Å². The van der Waals surface area contributed by atoms with Gasteiger partial charge in [-0.05, 0) is 25.5 Å². The van der Waals surface area contributed by atoms with Crippen molar-refractivity contribution in [3.05, 3.63) is 47.3 Å². The first-order valence-electron chi connectivity index (χ1n) is 11.0. The highest BCUT2D eigenvalue weighted by molar-refractivity contribution is 7.93. The van der Waals surface area contributed by atoms with Gasteiger partial charge in [-0.3, -0.25) is 9.29 Å². The van der Waals surface area contributed by atoms with Gasteiger partial charge in [-0.25, -0.2) is 18.4 Å². The number of rotatable bonds is 9. The summed E-state index contributed by atoms with van der Waals surface area (Å²) in [7, 11) is -0.893. The Kier molecular flexibility index (Phi) is 7.43. The molecule has 3 heterocycles. The number of sulfonamides is 1. The normalized spacial score (nSPS) is 17.7. The monoisotopic (exact) mass is 522 g/mol. The molecule has 11 nitrogen and oxygen atoms in total. The van der Waals surface area contributed by atoms with E-state index < -0.39 is 21.2 Å². The van der Waals surface area contributed by atoms with Crippen molar-refractivity contribution in [2.75, 3.05) is 32.2 Å². The zero-order valence-electron chi connectivity index (χ0n) is 19.8. The average molecular weight is 523 g/mol. The number of nitrogens with one attached hydrogen (secondary N) is 1. The Labute approximate surface area is 208 Å². The summed E-state index contributed by atoms with van der Waals surface area (Å²) in [5.41, 5.74) is 0.490. The molecule has 0 saturated carbocycles. The molecule has 1 fully saturated rings. The number of hydrogen-bond acceptors (Lipinski definition) is 9. The van der Waals surface area contributed by atoms with Crippen LogP contribution in [0.25, 0.3) is 5.69 Å². The minimum absolute atomic E-state index is 0.0192. The van der Waals surface area contributed by atoms with Crippen LogP contribution in [-0.4, -0.2) is 65.8 Å². The Morgan fingerprint density at radius 1 is 1.14 bits per heavy atom. The van der Waals surface area contributed by atoms with Crippen LogP contribution in [0.5, 0.6) is 11.5 Å². The quantitative estimate of drug-likeness (QED) is 0.450. The van der Waals surface area contributed by atoms with E-state index in [1.807, 2.05) is 0 Å². The lowest BCUT2D eigenvalue weighted by atomic mass is 10.1. The van der Waals surface area contributed by atoms with E-state index in [2.05, 4.69) is 24.9 Å². The highest BCUT2D eigenvalue weighted by atomic mass is 35.5. The van der Waals surface area contributed by atoms with E-state index in [-0.39, 0.29) is 11.9 Å². The van der Waals surface area contributed by atoms with E-state index in [1.54, 1.807) is 36.6 Å². The molecule has 188 valence electrons. The Balaban J connectivity index is 1.76. The number of anilines is 1. The number of para-hydroxylation sites is 1. The predicted octanol–water partition coefficient (Wildman–Crippen LogP) is 3.17. The molecule has 0 radical (unpaired) electrons. The van der Waals surface area contributed by atoms with Crippen molar-refractivity contribution < 1.29 is 22.6 Å². The van der Waals surface area contributed by atoms with Gasteiger partial charge in [-0.1, -0.05) is 24.6 Å². The lowest BCUT2D eigenvalue weighted by molar-refractivity contribution is 0.193. The number of aromatic nitrogens is 5. The summed E-state index contributed by atoms with van der Waals surface area (Å²) in [5.74, 6) is 1.28. The standard InChI is InChI=1S/C22H27ClN6O5S/c1-13(20-24-10-16(23)11-25-20)14(2)35(30,31)28-22-27-26-21(15-8-9-34-12-15)29(22)19-17(32-3)6-5-7-18(19)33-4/h5-7,10-11,13-15H,8-9,12H2,1-4H3,(H,27,28). The molecule has 1 aromatic carbocycles. The molecule has 35 heavy (non-hydrogen) atoms. The Bertz CT molecular complexity index is 1260. The highest BCUT2D eigenvalue weighted by Gasteiger charge is 2.34. The molecule has 1 aliphatic heterocycles. The molecule has 2 aromatic heterocycles. The molecule has 3 unspecified atom stereocenters. The molecule has 0 aliphatic carbocycles. The maximum absolute atomic E-state index is 13.4. The first-order valence-corrected chi connectivity index (χ1v) is 12.9. The summed E-state index contributed by atoms with van der Waals surface area (Å²) < 4.78 is 47.8. The molecular formula is C22H27ClN6O5S. The van der Waals surface area contributed by atoms with Gasteiger partial charge in [0.2, 0.25) is 16.0 Å². The number of methoxy groups -OCH3 is 2. The fourth-order valence-corrected chi connectivity index (χ4v) is 5.22. The topological polar surface area (TPSA) is 130 Å². The number of hydrogen-bond donors (Lipinski definition) is 1. The molecule has 4 rings (SSSR count). The van der Waals surface area contributed by atoms with Crippen LogP contribution >= 0.6 is 11.6 Å². The largest absolute Gasteiger partial charge is 0.494 e. The predicted molar refractivity (Wildman–Crippen MR) is 130 cm³/mol. The van der Waals surface area contributed by atoms with Crippen molar-refractivity contribution in [2.24, 2.45) is 0 Å². The third kappa shape index (κ3) is 5.04. The SMILES string of the molecule is COc1cccc(OC)c1-n1c(NS(=O)(=O)C(C)C(C)c2ncc(Cl)cn2)nnc1C1CCOC1. The number of nitrogens with zero attached hydrogens (tertiary/aromatic N) is 5. The van der Waals surface area contributed by atoms with Gasteiger partial charge in [0.05, 0.1) is 31.1 Å². The second-order valence-corrected chi connectivity index (χ2v) is 10.7. The van der Waals surface area contributed by atoms with E-state index in [0.717, 1.165) is 6.42 Å². The maximum Gasteiger partial charge on any atom is 0.243 e. The van der Waals surface area contributed by atoms with Crippen LogP contribution in [0.3, 0.4) is 0 Å². The zero-order chi connectivity index (χ0) is 25.2. The zero-order valence-corrected chi connectivity index (χ0v) is 21.4. The molecular weight excluding hydrogens is 496 g/mol. The molecule has 0 bridgehead atoms. The summed E-state index contributed by atoms with van der Waals surface area (Å²) in [6.45, 7) is 4.35. The first-order chi connectivity index (χ1) is 16.8. The van der Waals surface area contributed by atoms with Gasteiger partial charge >= 0.3 is 0 Å². The molecule has 3 aromatic rings.